The van der Waals surface area contributed by atoms with Gasteiger partial charge < -0.3 is 0 Å². The van der Waals surface area contributed by atoms with Gasteiger partial charge in [-0.05, 0) is 74.6 Å². The topological polar surface area (TPSA) is 0 Å². The van der Waals surface area contributed by atoms with E-state index in [0.29, 0.717) is 0 Å². The molecule has 0 unspecified atom stereocenters. The third kappa shape index (κ3) is 3.99. The summed E-state index contributed by atoms with van der Waals surface area (Å²) in [5, 5.41) is 0. The predicted octanol–water partition coefficient (Wildman–Crippen LogP) is 3.85. The van der Waals surface area contributed by atoms with Crippen molar-refractivity contribution in [2.75, 3.05) is 0 Å². The maximum Gasteiger partial charge on any atom is 0.381 e. The fraction of sp³-hybridized carbons (Fsp3) is 0.400. The second-order valence-corrected chi connectivity index (χ2v) is 12.7. The summed E-state index contributed by atoms with van der Waals surface area (Å²) < 4.78 is 3.24. The lowest BCUT2D eigenvalue weighted by Crippen LogP contribution is -3.61. The zero-order valence-electron chi connectivity index (χ0n) is 13.3. The van der Waals surface area contributed by atoms with Gasteiger partial charge in [0.05, 0.1) is 0 Å². The smallest absolute Gasteiger partial charge is 0.0879 e. The third-order valence-electron chi connectivity index (χ3n) is 4.55. The van der Waals surface area contributed by atoms with E-state index in [-0.39, 0.29) is 21.2 Å². The molecule has 0 atom stereocenters. The molecule has 0 saturated carbocycles. The molecule has 0 bridgehead atoms. The van der Waals surface area contributed by atoms with E-state index >= 15 is 0 Å². The van der Waals surface area contributed by atoms with Gasteiger partial charge in [0.25, 0.3) is 0 Å². The van der Waals surface area contributed by atoms with Gasteiger partial charge in [-0.15, -0.1) is 0 Å². The van der Waals surface area contributed by atoms with Crippen molar-refractivity contribution >= 4 is 33.8 Å². The van der Waals surface area contributed by atoms with Gasteiger partial charge in [-0.3, -0.25) is 0 Å². The zero-order chi connectivity index (χ0) is 15.5. The second kappa shape index (κ2) is 7.66. The van der Waals surface area contributed by atoms with Crippen LogP contribution in [0.5, 0.6) is 0 Å². The first kappa shape index (κ1) is 16.1. The molecule has 0 aliphatic heterocycles. The maximum absolute atomic E-state index is 2.47. The fourth-order valence-corrected chi connectivity index (χ4v) is 9.74. The van der Waals surface area contributed by atoms with Crippen LogP contribution in [-0.4, -0.2) is 0 Å². The summed E-state index contributed by atoms with van der Waals surface area (Å²) >= 11 is 4.11. The van der Waals surface area contributed by atoms with Crippen molar-refractivity contribution in [2.45, 2.75) is 51.4 Å². The molecule has 0 saturated heterocycles. The standard InChI is InChI=1S/C20H22IS2/c1-3-7-15(8-4-1)17-11-13-19(22-17)21-20-14-12-18(23-20)16-9-5-2-6-10-16/h7,9,11-14H,1-6,8,10H2/q+1. The van der Waals surface area contributed by atoms with Gasteiger partial charge in [-0.1, -0.05) is 34.8 Å². The van der Waals surface area contributed by atoms with Crippen molar-refractivity contribution in [1.82, 2.24) is 0 Å². The molecule has 4 rings (SSSR count). The molecule has 0 fully saturated rings. The minimum atomic E-state index is 0.00772. The Balaban J connectivity index is 1.46. The summed E-state index contributed by atoms with van der Waals surface area (Å²) in [7, 11) is 0. The van der Waals surface area contributed by atoms with E-state index in [2.05, 4.69) is 59.1 Å². The Labute approximate surface area is 157 Å². The molecule has 0 nitrogen and oxygen atoms in total. The summed E-state index contributed by atoms with van der Waals surface area (Å²) in [6.07, 6.45) is 15.6. The highest BCUT2D eigenvalue weighted by atomic mass is 127. The first-order chi connectivity index (χ1) is 11.4. The van der Waals surface area contributed by atoms with Crippen molar-refractivity contribution in [3.05, 3.63) is 51.9 Å². The summed E-state index contributed by atoms with van der Waals surface area (Å²) in [6, 6.07) is 9.52. The van der Waals surface area contributed by atoms with Crippen LogP contribution < -0.4 is 21.2 Å². The van der Waals surface area contributed by atoms with Crippen LogP contribution in [0.4, 0.5) is 0 Å². The van der Waals surface area contributed by atoms with E-state index in [4.69, 9.17) is 0 Å². The predicted molar refractivity (Wildman–Crippen MR) is 98.9 cm³/mol. The molecule has 23 heavy (non-hydrogen) atoms. The van der Waals surface area contributed by atoms with Crippen molar-refractivity contribution in [3.63, 3.8) is 0 Å². The van der Waals surface area contributed by atoms with Crippen LogP contribution in [0.1, 0.15) is 61.1 Å². The highest BCUT2D eigenvalue weighted by Gasteiger charge is 2.22. The van der Waals surface area contributed by atoms with Gasteiger partial charge >= 0.3 is 21.2 Å². The van der Waals surface area contributed by atoms with Gasteiger partial charge in [-0.2, -0.15) is 0 Å². The molecular formula is C20H22IS2+. The van der Waals surface area contributed by atoms with Crippen molar-refractivity contribution in [3.8, 4) is 0 Å². The zero-order valence-corrected chi connectivity index (χ0v) is 17.1. The Morgan fingerprint density at radius 3 is 1.61 bits per heavy atom. The molecule has 2 aliphatic carbocycles. The molecule has 0 spiro atoms. The number of allylic oxidation sites excluding steroid dienone is 4. The van der Waals surface area contributed by atoms with Crippen LogP contribution in [0, 0.1) is 5.77 Å². The number of rotatable bonds is 4. The van der Waals surface area contributed by atoms with E-state index < -0.39 is 0 Å². The van der Waals surface area contributed by atoms with E-state index in [9.17, 15) is 0 Å². The highest BCUT2D eigenvalue weighted by Crippen LogP contribution is 2.30. The normalized spacial score (nSPS) is 18.6. The average Bonchev–Trinajstić information content (AvgIpc) is 3.27. The number of thiophene rings is 2. The van der Waals surface area contributed by atoms with Crippen molar-refractivity contribution in [1.29, 1.82) is 0 Å². The Morgan fingerprint density at radius 1 is 0.652 bits per heavy atom. The number of hydrogen-bond acceptors (Lipinski definition) is 2. The summed E-state index contributed by atoms with van der Waals surface area (Å²) in [5.74, 6) is 0. The summed E-state index contributed by atoms with van der Waals surface area (Å²) in [5.41, 5.74) is 3.21. The third-order valence-corrected chi connectivity index (χ3v) is 10.6. The van der Waals surface area contributed by atoms with Crippen molar-refractivity contribution in [2.24, 2.45) is 0 Å². The van der Waals surface area contributed by atoms with Crippen LogP contribution in [0.25, 0.3) is 11.1 Å². The number of hydrogen-bond donors (Lipinski definition) is 0. The SMILES string of the molecule is C1=C(c2ccc([I+]c3ccc(C4=CCCCC4)s3)s2)CCCC1. The molecule has 2 aliphatic rings. The lowest BCUT2D eigenvalue weighted by atomic mass is 9.99. The monoisotopic (exact) mass is 453 g/mol. The molecular weight excluding hydrogens is 431 g/mol. The lowest BCUT2D eigenvalue weighted by Gasteiger charge is -2.09. The van der Waals surface area contributed by atoms with Gasteiger partial charge in [0.2, 0.25) is 5.77 Å². The Bertz CT molecular complexity index is 670. The average molecular weight is 453 g/mol. The molecule has 3 heteroatoms. The Hall–Kier alpha value is -0.390. The van der Waals surface area contributed by atoms with E-state index in [0.717, 1.165) is 0 Å². The van der Waals surface area contributed by atoms with Crippen LogP contribution >= 0.6 is 22.7 Å². The lowest BCUT2D eigenvalue weighted by molar-refractivity contribution is -0.585. The first-order valence-electron chi connectivity index (χ1n) is 8.62. The van der Waals surface area contributed by atoms with Crippen molar-refractivity contribution < 1.29 is 21.2 Å². The Morgan fingerprint density at radius 2 is 1.17 bits per heavy atom. The van der Waals surface area contributed by atoms with Crippen LogP contribution in [0.3, 0.4) is 0 Å². The quantitative estimate of drug-likeness (QED) is 0.617. The fourth-order valence-electron chi connectivity index (χ4n) is 3.29. The minimum Gasteiger partial charge on any atom is -0.0879 e. The van der Waals surface area contributed by atoms with Gasteiger partial charge in [0.1, 0.15) is 0 Å². The molecule has 2 aromatic heterocycles. The second-order valence-electron chi connectivity index (χ2n) is 6.25. The van der Waals surface area contributed by atoms with Crippen LogP contribution in [0.2, 0.25) is 0 Å². The summed E-state index contributed by atoms with van der Waals surface area (Å²) in [6.45, 7) is 0. The molecule has 2 aromatic rings. The summed E-state index contributed by atoms with van der Waals surface area (Å²) in [4.78, 5) is 3.07. The Kier molecular flexibility index (Phi) is 5.36. The molecule has 2 heterocycles. The molecule has 120 valence electrons. The van der Waals surface area contributed by atoms with Crippen LogP contribution in [-0.2, 0) is 0 Å². The molecule has 0 amide bonds. The van der Waals surface area contributed by atoms with Crippen LogP contribution in [0.15, 0.2) is 36.4 Å². The minimum absolute atomic E-state index is 0.00772. The number of halogens is 1. The van der Waals surface area contributed by atoms with Gasteiger partial charge in [0.15, 0.2) is 0 Å². The molecule has 0 radical (unpaired) electrons. The van der Waals surface area contributed by atoms with E-state index in [1.807, 2.05) is 0 Å². The molecule has 0 aromatic carbocycles. The van der Waals surface area contributed by atoms with Gasteiger partial charge in [0, 0.05) is 21.9 Å². The molecule has 0 N–H and O–H groups in total. The maximum atomic E-state index is 2.47. The van der Waals surface area contributed by atoms with E-state index in [1.54, 1.807) is 16.9 Å². The van der Waals surface area contributed by atoms with E-state index in [1.165, 1.54) is 61.1 Å². The highest BCUT2D eigenvalue weighted by molar-refractivity contribution is 7.11. The largest absolute Gasteiger partial charge is 0.381 e. The first-order valence-corrected chi connectivity index (χ1v) is 12.4. The van der Waals surface area contributed by atoms with Gasteiger partial charge in [-0.25, -0.2) is 0 Å².